The molecule has 0 amide bonds. The lowest BCUT2D eigenvalue weighted by Crippen LogP contribution is -2.39. The number of halogens is 1. The molecule has 2 heterocycles. The van der Waals surface area contributed by atoms with Gasteiger partial charge in [0, 0.05) is 19.0 Å². The standard InChI is InChI=1S/C19H23FN4O2S/c20-16-11-15(13-5-6-13)7-8-17(16)27(25,26)23-9-10-24-18(12-23)21-22-19(24)14-3-1-2-4-14/h7-8,11,13-14H,1-6,9-10,12H2. The second-order valence-corrected chi connectivity index (χ2v) is 9.82. The number of aromatic nitrogens is 3. The molecule has 2 aliphatic carbocycles. The van der Waals surface area contributed by atoms with Crippen molar-refractivity contribution in [3.63, 3.8) is 0 Å². The summed E-state index contributed by atoms with van der Waals surface area (Å²) >= 11 is 0. The maximum atomic E-state index is 14.6. The first-order chi connectivity index (χ1) is 13.0. The van der Waals surface area contributed by atoms with Crippen LogP contribution in [0.5, 0.6) is 0 Å². The summed E-state index contributed by atoms with van der Waals surface area (Å²) < 4.78 is 44.0. The molecule has 0 spiro atoms. The molecule has 144 valence electrons. The van der Waals surface area contributed by atoms with Crippen LogP contribution in [-0.4, -0.2) is 34.0 Å². The molecule has 1 aromatic carbocycles. The van der Waals surface area contributed by atoms with Gasteiger partial charge >= 0.3 is 0 Å². The van der Waals surface area contributed by atoms with E-state index in [2.05, 4.69) is 14.8 Å². The fourth-order valence-electron chi connectivity index (χ4n) is 4.39. The number of hydrogen-bond donors (Lipinski definition) is 0. The Labute approximate surface area is 158 Å². The van der Waals surface area contributed by atoms with E-state index >= 15 is 0 Å². The summed E-state index contributed by atoms with van der Waals surface area (Å²) in [7, 11) is -3.89. The van der Waals surface area contributed by atoms with E-state index in [1.807, 2.05) is 0 Å². The van der Waals surface area contributed by atoms with E-state index in [-0.39, 0.29) is 11.4 Å². The number of hydrogen-bond acceptors (Lipinski definition) is 4. The molecule has 2 fully saturated rings. The Morgan fingerprint density at radius 3 is 2.48 bits per heavy atom. The molecular weight excluding hydrogens is 367 g/mol. The van der Waals surface area contributed by atoms with Crippen molar-refractivity contribution in [3.8, 4) is 0 Å². The Hall–Kier alpha value is -1.80. The molecule has 0 N–H and O–H groups in total. The Morgan fingerprint density at radius 1 is 1.00 bits per heavy atom. The van der Waals surface area contributed by atoms with Crippen LogP contribution in [0.1, 0.15) is 67.6 Å². The first kappa shape index (κ1) is 17.3. The average Bonchev–Trinajstić information content (AvgIpc) is 3.20. The zero-order valence-electron chi connectivity index (χ0n) is 15.1. The minimum atomic E-state index is -3.89. The van der Waals surface area contributed by atoms with E-state index < -0.39 is 15.8 Å². The molecule has 1 aromatic heterocycles. The Balaban J connectivity index is 1.40. The molecule has 1 aliphatic heterocycles. The fraction of sp³-hybridized carbons (Fsp3) is 0.579. The highest BCUT2D eigenvalue weighted by Gasteiger charge is 2.34. The number of rotatable bonds is 4. The third kappa shape index (κ3) is 2.99. The highest BCUT2D eigenvalue weighted by atomic mass is 32.2. The van der Waals surface area contributed by atoms with Crippen LogP contribution in [-0.2, 0) is 23.1 Å². The Morgan fingerprint density at radius 2 is 1.78 bits per heavy atom. The van der Waals surface area contributed by atoms with Crippen LogP contribution in [0.4, 0.5) is 4.39 Å². The quantitative estimate of drug-likeness (QED) is 0.804. The molecule has 2 saturated carbocycles. The minimum absolute atomic E-state index is 0.145. The largest absolute Gasteiger partial charge is 0.312 e. The SMILES string of the molecule is O=S(=O)(c1ccc(C2CC2)cc1F)N1CCn2c(nnc2C2CCCC2)C1. The van der Waals surface area contributed by atoms with E-state index in [1.54, 1.807) is 6.07 Å². The van der Waals surface area contributed by atoms with Gasteiger partial charge in [-0.1, -0.05) is 18.9 Å². The van der Waals surface area contributed by atoms with Crippen LogP contribution in [0.2, 0.25) is 0 Å². The average molecular weight is 390 g/mol. The molecule has 0 bridgehead atoms. The summed E-state index contributed by atoms with van der Waals surface area (Å²) in [6.45, 7) is 0.984. The molecule has 2 aromatic rings. The molecule has 5 rings (SSSR count). The van der Waals surface area contributed by atoms with Gasteiger partial charge in [-0.2, -0.15) is 4.31 Å². The lowest BCUT2D eigenvalue weighted by atomic mass is 10.1. The van der Waals surface area contributed by atoms with Crippen molar-refractivity contribution in [1.29, 1.82) is 0 Å². The third-order valence-corrected chi connectivity index (χ3v) is 7.97. The van der Waals surface area contributed by atoms with Crippen LogP contribution in [0.15, 0.2) is 23.1 Å². The predicted molar refractivity (Wildman–Crippen MR) is 97.2 cm³/mol. The van der Waals surface area contributed by atoms with E-state index in [4.69, 9.17) is 0 Å². The number of sulfonamides is 1. The van der Waals surface area contributed by atoms with Crippen LogP contribution in [0, 0.1) is 5.82 Å². The molecule has 8 heteroatoms. The van der Waals surface area contributed by atoms with Crippen LogP contribution in [0.3, 0.4) is 0 Å². The van der Waals surface area contributed by atoms with E-state index in [1.165, 1.54) is 29.3 Å². The maximum absolute atomic E-state index is 14.6. The fourth-order valence-corrected chi connectivity index (χ4v) is 5.82. The summed E-state index contributed by atoms with van der Waals surface area (Å²) in [4.78, 5) is -0.240. The lowest BCUT2D eigenvalue weighted by molar-refractivity contribution is 0.328. The highest BCUT2D eigenvalue weighted by Crippen LogP contribution is 2.41. The monoisotopic (exact) mass is 390 g/mol. The first-order valence-corrected chi connectivity index (χ1v) is 11.2. The second-order valence-electron chi connectivity index (χ2n) is 7.91. The van der Waals surface area contributed by atoms with Crippen LogP contribution in [0.25, 0.3) is 0 Å². The summed E-state index contributed by atoms with van der Waals surface area (Å²) in [6.07, 6.45) is 6.78. The Kier molecular flexibility index (Phi) is 4.09. The van der Waals surface area contributed by atoms with Crippen molar-refractivity contribution in [2.24, 2.45) is 0 Å². The summed E-state index contributed by atoms with van der Waals surface area (Å²) in [5, 5.41) is 8.58. The maximum Gasteiger partial charge on any atom is 0.246 e. The van der Waals surface area contributed by atoms with Gasteiger partial charge in [0.25, 0.3) is 0 Å². The van der Waals surface area contributed by atoms with Crippen LogP contribution >= 0.6 is 0 Å². The number of fused-ring (bicyclic) bond motifs is 1. The van der Waals surface area contributed by atoms with Gasteiger partial charge in [-0.25, -0.2) is 12.8 Å². The smallest absolute Gasteiger partial charge is 0.246 e. The summed E-state index contributed by atoms with van der Waals surface area (Å²) in [6, 6.07) is 4.55. The van der Waals surface area contributed by atoms with E-state index in [0.717, 1.165) is 37.1 Å². The summed E-state index contributed by atoms with van der Waals surface area (Å²) in [5.74, 6) is 1.81. The van der Waals surface area contributed by atoms with Gasteiger partial charge < -0.3 is 4.57 Å². The Bertz CT molecular complexity index is 978. The van der Waals surface area contributed by atoms with Crippen molar-refractivity contribution >= 4 is 10.0 Å². The normalized spacial score (nSPS) is 21.5. The van der Waals surface area contributed by atoms with E-state index in [0.29, 0.717) is 30.7 Å². The lowest BCUT2D eigenvalue weighted by Gasteiger charge is -2.28. The van der Waals surface area contributed by atoms with Gasteiger partial charge in [-0.3, -0.25) is 0 Å². The second kappa shape index (κ2) is 6.38. The zero-order valence-corrected chi connectivity index (χ0v) is 16.0. The number of nitrogens with zero attached hydrogens (tertiary/aromatic N) is 4. The van der Waals surface area contributed by atoms with Gasteiger partial charge in [0.1, 0.15) is 22.4 Å². The van der Waals surface area contributed by atoms with Gasteiger partial charge in [-0.15, -0.1) is 10.2 Å². The predicted octanol–water partition coefficient (Wildman–Crippen LogP) is 3.16. The van der Waals surface area contributed by atoms with Gasteiger partial charge in [0.05, 0.1) is 6.54 Å². The molecule has 27 heavy (non-hydrogen) atoms. The van der Waals surface area contributed by atoms with Gasteiger partial charge in [0.15, 0.2) is 0 Å². The van der Waals surface area contributed by atoms with Crippen molar-refractivity contribution in [2.45, 2.75) is 68.3 Å². The van der Waals surface area contributed by atoms with Crippen molar-refractivity contribution < 1.29 is 12.8 Å². The van der Waals surface area contributed by atoms with E-state index in [9.17, 15) is 12.8 Å². The topological polar surface area (TPSA) is 68.1 Å². The van der Waals surface area contributed by atoms with Crippen molar-refractivity contribution in [1.82, 2.24) is 19.1 Å². The third-order valence-electron chi connectivity index (χ3n) is 6.09. The summed E-state index contributed by atoms with van der Waals surface area (Å²) in [5.41, 5.74) is 0.894. The minimum Gasteiger partial charge on any atom is -0.312 e. The molecule has 0 unspecified atom stereocenters. The molecule has 6 nitrogen and oxygen atoms in total. The first-order valence-electron chi connectivity index (χ1n) is 9.75. The van der Waals surface area contributed by atoms with Crippen molar-refractivity contribution in [2.75, 3.05) is 6.54 Å². The van der Waals surface area contributed by atoms with Crippen molar-refractivity contribution in [3.05, 3.63) is 41.2 Å². The van der Waals surface area contributed by atoms with Gasteiger partial charge in [0.2, 0.25) is 10.0 Å². The number of benzene rings is 1. The molecule has 0 atom stereocenters. The van der Waals surface area contributed by atoms with Crippen LogP contribution < -0.4 is 0 Å². The zero-order chi connectivity index (χ0) is 18.6. The molecule has 0 saturated heterocycles. The molecule has 3 aliphatic rings. The molecule has 0 radical (unpaired) electrons. The molecular formula is C19H23FN4O2S. The van der Waals surface area contributed by atoms with Gasteiger partial charge in [-0.05, 0) is 49.3 Å². The highest BCUT2D eigenvalue weighted by molar-refractivity contribution is 7.89.